The van der Waals surface area contributed by atoms with Gasteiger partial charge in [0, 0.05) is 11.6 Å². The first-order valence-corrected chi connectivity index (χ1v) is 5.00. The van der Waals surface area contributed by atoms with Gasteiger partial charge in [0.15, 0.2) is 6.10 Å². The fraction of sp³-hybridized carbons (Fsp3) is 0.455. The lowest BCUT2D eigenvalue weighted by Crippen LogP contribution is -2.31. The van der Waals surface area contributed by atoms with E-state index in [2.05, 4.69) is 0 Å². The Morgan fingerprint density at radius 2 is 1.82 bits per heavy atom. The second-order valence-corrected chi connectivity index (χ2v) is 3.77. The standard InChI is InChI=1S/C11H13F4NO/c1-6(16)9-5-8(12)3-4-10(9)17-7(2)11(13,14)15/h3-7H,16H2,1-2H3/t6-,7?/m1/s1. The van der Waals surface area contributed by atoms with Crippen LogP contribution in [0, 0.1) is 5.82 Å². The molecule has 1 rings (SSSR count). The van der Waals surface area contributed by atoms with Gasteiger partial charge in [-0.15, -0.1) is 0 Å². The van der Waals surface area contributed by atoms with Gasteiger partial charge in [0.1, 0.15) is 11.6 Å². The Morgan fingerprint density at radius 3 is 2.29 bits per heavy atom. The number of halogens is 4. The summed E-state index contributed by atoms with van der Waals surface area (Å²) in [5, 5.41) is 0. The number of alkyl halides is 3. The number of benzene rings is 1. The van der Waals surface area contributed by atoms with Gasteiger partial charge in [-0.05, 0) is 32.0 Å². The zero-order chi connectivity index (χ0) is 13.2. The lowest BCUT2D eigenvalue weighted by atomic mass is 10.1. The zero-order valence-electron chi connectivity index (χ0n) is 9.38. The molecule has 0 bridgehead atoms. The van der Waals surface area contributed by atoms with Gasteiger partial charge in [-0.1, -0.05) is 0 Å². The topological polar surface area (TPSA) is 35.2 Å². The molecule has 0 spiro atoms. The predicted octanol–water partition coefficient (Wildman–Crippen LogP) is 3.18. The highest BCUT2D eigenvalue weighted by Crippen LogP contribution is 2.29. The van der Waals surface area contributed by atoms with Gasteiger partial charge >= 0.3 is 6.18 Å². The molecule has 0 aliphatic carbocycles. The van der Waals surface area contributed by atoms with Crippen LogP contribution in [-0.4, -0.2) is 12.3 Å². The van der Waals surface area contributed by atoms with E-state index in [1.54, 1.807) is 6.92 Å². The Bertz CT molecular complexity index is 390. The second-order valence-electron chi connectivity index (χ2n) is 3.77. The molecule has 0 radical (unpaired) electrons. The Morgan fingerprint density at radius 1 is 1.24 bits per heavy atom. The quantitative estimate of drug-likeness (QED) is 0.837. The third-order valence-electron chi connectivity index (χ3n) is 2.23. The van der Waals surface area contributed by atoms with Crippen LogP contribution in [0.25, 0.3) is 0 Å². The molecule has 0 fully saturated rings. The molecule has 2 atom stereocenters. The van der Waals surface area contributed by atoms with Crippen LogP contribution in [0.4, 0.5) is 17.6 Å². The normalized spacial score (nSPS) is 15.5. The third-order valence-corrected chi connectivity index (χ3v) is 2.23. The minimum atomic E-state index is -4.47. The van der Waals surface area contributed by atoms with Crippen molar-refractivity contribution in [3.63, 3.8) is 0 Å². The van der Waals surface area contributed by atoms with Crippen molar-refractivity contribution in [3.05, 3.63) is 29.6 Å². The smallest absolute Gasteiger partial charge is 0.425 e. The molecular weight excluding hydrogens is 238 g/mol. The van der Waals surface area contributed by atoms with Crippen LogP contribution in [0.5, 0.6) is 5.75 Å². The number of hydrogen-bond donors (Lipinski definition) is 1. The molecule has 0 saturated heterocycles. The summed E-state index contributed by atoms with van der Waals surface area (Å²) in [7, 11) is 0. The first-order valence-electron chi connectivity index (χ1n) is 5.00. The number of rotatable bonds is 3. The van der Waals surface area contributed by atoms with E-state index >= 15 is 0 Å². The Hall–Kier alpha value is -1.30. The highest BCUT2D eigenvalue weighted by Gasteiger charge is 2.38. The van der Waals surface area contributed by atoms with Crippen LogP contribution in [0.3, 0.4) is 0 Å². The van der Waals surface area contributed by atoms with Crippen molar-refractivity contribution in [3.8, 4) is 5.75 Å². The molecule has 0 amide bonds. The molecule has 2 N–H and O–H groups in total. The highest BCUT2D eigenvalue weighted by atomic mass is 19.4. The zero-order valence-corrected chi connectivity index (χ0v) is 9.38. The van der Waals surface area contributed by atoms with E-state index in [1.807, 2.05) is 0 Å². The summed E-state index contributed by atoms with van der Waals surface area (Å²) in [6.07, 6.45) is -6.44. The van der Waals surface area contributed by atoms with E-state index < -0.39 is 24.1 Å². The summed E-state index contributed by atoms with van der Waals surface area (Å²) < 4.78 is 54.6. The fourth-order valence-corrected chi connectivity index (χ4v) is 1.24. The van der Waals surface area contributed by atoms with Crippen molar-refractivity contribution in [1.82, 2.24) is 0 Å². The maximum Gasteiger partial charge on any atom is 0.425 e. The lowest BCUT2D eigenvalue weighted by molar-refractivity contribution is -0.189. The largest absolute Gasteiger partial charge is 0.481 e. The Labute approximate surface area is 96.4 Å². The molecule has 1 unspecified atom stereocenters. The van der Waals surface area contributed by atoms with E-state index in [9.17, 15) is 17.6 Å². The van der Waals surface area contributed by atoms with Crippen LogP contribution in [0.2, 0.25) is 0 Å². The van der Waals surface area contributed by atoms with Crippen LogP contribution in [0.15, 0.2) is 18.2 Å². The number of nitrogens with two attached hydrogens (primary N) is 1. The summed E-state index contributed by atoms with van der Waals surface area (Å²) >= 11 is 0. The molecule has 0 aliphatic rings. The molecule has 96 valence electrons. The molecule has 2 nitrogen and oxygen atoms in total. The molecule has 0 aromatic heterocycles. The Balaban J connectivity index is 2.98. The minimum Gasteiger partial charge on any atom is -0.481 e. The van der Waals surface area contributed by atoms with Crippen molar-refractivity contribution < 1.29 is 22.3 Å². The predicted molar refractivity (Wildman–Crippen MR) is 55.1 cm³/mol. The van der Waals surface area contributed by atoms with Crippen LogP contribution < -0.4 is 10.5 Å². The first kappa shape index (κ1) is 13.8. The van der Waals surface area contributed by atoms with Gasteiger partial charge in [-0.2, -0.15) is 13.2 Å². The molecule has 6 heteroatoms. The SMILES string of the molecule is CC(Oc1ccc(F)cc1[C@@H](C)N)C(F)(F)F. The molecule has 0 aliphatic heterocycles. The summed E-state index contributed by atoms with van der Waals surface area (Å²) in [5.41, 5.74) is 5.75. The van der Waals surface area contributed by atoms with Crippen LogP contribution in [-0.2, 0) is 0 Å². The highest BCUT2D eigenvalue weighted by molar-refractivity contribution is 5.36. The number of ether oxygens (including phenoxy) is 1. The average molecular weight is 251 g/mol. The van der Waals surface area contributed by atoms with E-state index in [1.165, 1.54) is 0 Å². The summed E-state index contributed by atoms with van der Waals surface area (Å²) in [6, 6.07) is 2.64. The van der Waals surface area contributed by atoms with Crippen molar-refractivity contribution in [2.75, 3.05) is 0 Å². The maximum atomic E-state index is 12.9. The molecule has 0 heterocycles. The van der Waals surface area contributed by atoms with Crippen molar-refractivity contribution in [2.24, 2.45) is 5.73 Å². The molecular formula is C11H13F4NO. The number of hydrogen-bond acceptors (Lipinski definition) is 2. The van der Waals surface area contributed by atoms with Crippen LogP contribution >= 0.6 is 0 Å². The fourth-order valence-electron chi connectivity index (χ4n) is 1.24. The lowest BCUT2D eigenvalue weighted by Gasteiger charge is -2.20. The van der Waals surface area contributed by atoms with Gasteiger partial charge in [-0.25, -0.2) is 4.39 Å². The maximum absolute atomic E-state index is 12.9. The van der Waals surface area contributed by atoms with Gasteiger partial charge in [0.2, 0.25) is 0 Å². The van der Waals surface area contributed by atoms with E-state index in [0.29, 0.717) is 0 Å². The van der Waals surface area contributed by atoms with Crippen molar-refractivity contribution >= 4 is 0 Å². The van der Waals surface area contributed by atoms with E-state index in [-0.39, 0.29) is 11.3 Å². The molecule has 1 aromatic rings. The second kappa shape index (κ2) is 4.91. The third kappa shape index (κ3) is 3.59. The summed E-state index contributed by atoms with van der Waals surface area (Å²) in [6.45, 7) is 2.42. The molecule has 1 aromatic carbocycles. The monoisotopic (exact) mass is 251 g/mol. The van der Waals surface area contributed by atoms with Gasteiger partial charge < -0.3 is 10.5 Å². The van der Waals surface area contributed by atoms with Crippen LogP contribution in [0.1, 0.15) is 25.5 Å². The summed E-state index contributed by atoms with van der Waals surface area (Å²) in [4.78, 5) is 0. The van der Waals surface area contributed by atoms with Gasteiger partial charge in [0.25, 0.3) is 0 Å². The van der Waals surface area contributed by atoms with Gasteiger partial charge in [0.05, 0.1) is 0 Å². The molecule has 17 heavy (non-hydrogen) atoms. The summed E-state index contributed by atoms with van der Waals surface area (Å²) in [5.74, 6) is -0.615. The van der Waals surface area contributed by atoms with Crippen molar-refractivity contribution in [2.45, 2.75) is 32.2 Å². The minimum absolute atomic E-state index is 0.0498. The van der Waals surface area contributed by atoms with Gasteiger partial charge in [-0.3, -0.25) is 0 Å². The van der Waals surface area contributed by atoms with E-state index in [0.717, 1.165) is 25.1 Å². The van der Waals surface area contributed by atoms with Crippen molar-refractivity contribution in [1.29, 1.82) is 0 Å². The van der Waals surface area contributed by atoms with E-state index in [4.69, 9.17) is 10.5 Å². The Kier molecular flexibility index (Phi) is 3.98. The molecule has 0 saturated carbocycles. The average Bonchev–Trinajstić information content (AvgIpc) is 2.18. The first-order chi connectivity index (χ1) is 7.71.